The molecule has 20 heavy (non-hydrogen) atoms. The number of methoxy groups -OCH3 is 1. The lowest BCUT2D eigenvalue weighted by Crippen LogP contribution is -2.14. The van der Waals surface area contributed by atoms with Crippen molar-refractivity contribution in [3.63, 3.8) is 0 Å². The average Bonchev–Trinajstić information content (AvgIpc) is 2.38. The third kappa shape index (κ3) is 2.88. The number of carbonyl (C=O) groups is 1. The Morgan fingerprint density at radius 1 is 1.25 bits per heavy atom. The van der Waals surface area contributed by atoms with Crippen molar-refractivity contribution in [1.29, 1.82) is 0 Å². The van der Waals surface area contributed by atoms with E-state index in [1.807, 2.05) is 6.92 Å². The van der Waals surface area contributed by atoms with Crippen LogP contribution in [0, 0.1) is 12.7 Å². The molecule has 0 saturated heterocycles. The maximum atomic E-state index is 13.6. The lowest BCUT2D eigenvalue weighted by Gasteiger charge is -2.09. The first-order valence-electron chi connectivity index (χ1n) is 6.02. The van der Waals surface area contributed by atoms with E-state index >= 15 is 0 Å². The van der Waals surface area contributed by atoms with Crippen LogP contribution in [0.25, 0.3) is 0 Å². The number of nitrogens with one attached hydrogen (secondary N) is 1. The molecule has 104 valence electrons. The van der Waals surface area contributed by atoms with Gasteiger partial charge in [-0.15, -0.1) is 0 Å². The van der Waals surface area contributed by atoms with Crippen LogP contribution in [-0.2, 0) is 0 Å². The van der Waals surface area contributed by atoms with Gasteiger partial charge in [0.2, 0.25) is 0 Å². The number of halogens is 1. The molecule has 2 aromatic rings. The normalized spacial score (nSPS) is 10.2. The largest absolute Gasteiger partial charge is 0.496 e. The molecule has 0 spiro atoms. The third-order valence-corrected chi connectivity index (χ3v) is 2.89. The summed E-state index contributed by atoms with van der Waals surface area (Å²) in [6, 6.07) is 9.15. The van der Waals surface area contributed by atoms with Crippen LogP contribution in [-0.4, -0.2) is 13.0 Å². The van der Waals surface area contributed by atoms with Gasteiger partial charge in [0.25, 0.3) is 5.91 Å². The standard InChI is InChI=1S/C15H15FN2O2/c1-9-7-11(4-6-14(9)20-2)18-15(19)12-5-3-10(17)8-13(12)16/h3-8H,17H2,1-2H3,(H,18,19). The Morgan fingerprint density at radius 2 is 2.00 bits per heavy atom. The van der Waals surface area contributed by atoms with E-state index in [0.29, 0.717) is 5.69 Å². The Kier molecular flexibility index (Phi) is 3.89. The van der Waals surface area contributed by atoms with E-state index in [1.165, 1.54) is 12.1 Å². The predicted molar refractivity (Wildman–Crippen MR) is 76.5 cm³/mol. The van der Waals surface area contributed by atoms with Crippen LogP contribution in [0.3, 0.4) is 0 Å². The molecule has 0 aliphatic heterocycles. The van der Waals surface area contributed by atoms with Crippen molar-refractivity contribution in [3.8, 4) is 5.75 Å². The van der Waals surface area contributed by atoms with Gasteiger partial charge >= 0.3 is 0 Å². The second-order valence-electron chi connectivity index (χ2n) is 4.38. The van der Waals surface area contributed by atoms with Crippen molar-refractivity contribution >= 4 is 17.3 Å². The summed E-state index contributed by atoms with van der Waals surface area (Å²) in [6.07, 6.45) is 0. The van der Waals surface area contributed by atoms with Gasteiger partial charge in [-0.05, 0) is 48.9 Å². The average molecular weight is 274 g/mol. The summed E-state index contributed by atoms with van der Waals surface area (Å²) in [5.74, 6) is -0.443. The zero-order valence-electron chi connectivity index (χ0n) is 11.2. The fraction of sp³-hybridized carbons (Fsp3) is 0.133. The molecule has 2 rings (SSSR count). The molecule has 0 unspecified atom stereocenters. The van der Waals surface area contributed by atoms with Crippen LogP contribution < -0.4 is 15.8 Å². The maximum absolute atomic E-state index is 13.6. The molecule has 0 aliphatic rings. The van der Waals surface area contributed by atoms with Crippen LogP contribution in [0.1, 0.15) is 15.9 Å². The molecule has 4 nitrogen and oxygen atoms in total. The van der Waals surface area contributed by atoms with Gasteiger partial charge in [0, 0.05) is 11.4 Å². The van der Waals surface area contributed by atoms with Crippen molar-refractivity contribution in [2.75, 3.05) is 18.2 Å². The molecular formula is C15H15FN2O2. The molecule has 2 aromatic carbocycles. The first-order valence-corrected chi connectivity index (χ1v) is 6.02. The minimum atomic E-state index is -0.646. The number of rotatable bonds is 3. The lowest BCUT2D eigenvalue weighted by atomic mass is 10.1. The smallest absolute Gasteiger partial charge is 0.258 e. The summed E-state index contributed by atoms with van der Waals surface area (Å²) < 4.78 is 18.8. The molecule has 0 radical (unpaired) electrons. The van der Waals surface area contributed by atoms with Gasteiger partial charge in [-0.2, -0.15) is 0 Å². The second kappa shape index (κ2) is 5.61. The van der Waals surface area contributed by atoms with E-state index in [0.717, 1.165) is 17.4 Å². The highest BCUT2D eigenvalue weighted by Crippen LogP contribution is 2.22. The van der Waals surface area contributed by atoms with Crippen molar-refractivity contribution in [2.24, 2.45) is 0 Å². The molecule has 0 heterocycles. The molecule has 5 heteroatoms. The second-order valence-corrected chi connectivity index (χ2v) is 4.38. The predicted octanol–water partition coefficient (Wildman–Crippen LogP) is 2.98. The third-order valence-electron chi connectivity index (χ3n) is 2.89. The quantitative estimate of drug-likeness (QED) is 0.846. The Bertz CT molecular complexity index is 656. The van der Waals surface area contributed by atoms with Crippen LogP contribution in [0.5, 0.6) is 5.75 Å². The van der Waals surface area contributed by atoms with Crippen LogP contribution >= 0.6 is 0 Å². The minimum absolute atomic E-state index is 0.0485. The van der Waals surface area contributed by atoms with Crippen LogP contribution in [0.4, 0.5) is 15.8 Å². The number of nitrogens with two attached hydrogens (primary N) is 1. The topological polar surface area (TPSA) is 64.3 Å². The minimum Gasteiger partial charge on any atom is -0.496 e. The van der Waals surface area contributed by atoms with Crippen molar-refractivity contribution in [3.05, 3.63) is 53.3 Å². The summed E-state index contributed by atoms with van der Waals surface area (Å²) >= 11 is 0. The zero-order chi connectivity index (χ0) is 14.7. The molecule has 1 amide bonds. The summed E-state index contributed by atoms with van der Waals surface area (Å²) in [6.45, 7) is 1.86. The summed E-state index contributed by atoms with van der Waals surface area (Å²) in [5, 5.41) is 2.64. The molecule has 0 atom stereocenters. The highest BCUT2D eigenvalue weighted by atomic mass is 19.1. The van der Waals surface area contributed by atoms with E-state index in [1.54, 1.807) is 25.3 Å². The van der Waals surface area contributed by atoms with Gasteiger partial charge in [-0.1, -0.05) is 0 Å². The van der Waals surface area contributed by atoms with Crippen molar-refractivity contribution in [1.82, 2.24) is 0 Å². The Balaban J connectivity index is 2.21. The number of hydrogen-bond donors (Lipinski definition) is 2. The maximum Gasteiger partial charge on any atom is 0.258 e. The van der Waals surface area contributed by atoms with Crippen molar-refractivity contribution < 1.29 is 13.9 Å². The fourth-order valence-electron chi connectivity index (χ4n) is 1.87. The van der Waals surface area contributed by atoms with E-state index in [4.69, 9.17) is 10.5 Å². The number of ether oxygens (including phenoxy) is 1. The number of carbonyl (C=O) groups excluding carboxylic acids is 1. The van der Waals surface area contributed by atoms with E-state index in [-0.39, 0.29) is 11.3 Å². The number of anilines is 2. The van der Waals surface area contributed by atoms with Gasteiger partial charge in [0.1, 0.15) is 11.6 Å². The molecule has 0 aromatic heterocycles. The number of hydrogen-bond acceptors (Lipinski definition) is 3. The Hall–Kier alpha value is -2.56. The molecule has 0 saturated carbocycles. The zero-order valence-corrected chi connectivity index (χ0v) is 11.2. The summed E-state index contributed by atoms with van der Waals surface area (Å²) in [5.41, 5.74) is 7.13. The van der Waals surface area contributed by atoms with Gasteiger partial charge in [0.15, 0.2) is 0 Å². The molecular weight excluding hydrogens is 259 g/mol. The number of amides is 1. The summed E-state index contributed by atoms with van der Waals surface area (Å²) in [7, 11) is 1.57. The number of aryl methyl sites for hydroxylation is 1. The van der Waals surface area contributed by atoms with E-state index in [9.17, 15) is 9.18 Å². The highest BCUT2D eigenvalue weighted by molar-refractivity contribution is 6.04. The molecule has 0 bridgehead atoms. The SMILES string of the molecule is COc1ccc(NC(=O)c2ccc(N)cc2F)cc1C. The lowest BCUT2D eigenvalue weighted by molar-refractivity contribution is 0.102. The van der Waals surface area contributed by atoms with Crippen molar-refractivity contribution in [2.45, 2.75) is 6.92 Å². The molecule has 0 aliphatic carbocycles. The van der Waals surface area contributed by atoms with Gasteiger partial charge in [-0.3, -0.25) is 4.79 Å². The molecule has 0 fully saturated rings. The van der Waals surface area contributed by atoms with Gasteiger partial charge in [-0.25, -0.2) is 4.39 Å². The first kappa shape index (κ1) is 13.9. The van der Waals surface area contributed by atoms with Crippen LogP contribution in [0.2, 0.25) is 0 Å². The van der Waals surface area contributed by atoms with Gasteiger partial charge in [0.05, 0.1) is 12.7 Å². The Labute approximate surface area is 116 Å². The molecule has 3 N–H and O–H groups in total. The summed E-state index contributed by atoms with van der Waals surface area (Å²) in [4.78, 5) is 12.0. The van der Waals surface area contributed by atoms with Gasteiger partial charge < -0.3 is 15.8 Å². The van der Waals surface area contributed by atoms with E-state index < -0.39 is 11.7 Å². The monoisotopic (exact) mass is 274 g/mol. The number of nitrogen functional groups attached to an aromatic ring is 1. The Morgan fingerprint density at radius 3 is 2.60 bits per heavy atom. The van der Waals surface area contributed by atoms with Crippen LogP contribution in [0.15, 0.2) is 36.4 Å². The fourth-order valence-corrected chi connectivity index (χ4v) is 1.87. The van der Waals surface area contributed by atoms with E-state index in [2.05, 4.69) is 5.32 Å². The highest BCUT2D eigenvalue weighted by Gasteiger charge is 2.12. The number of benzene rings is 2. The first-order chi connectivity index (χ1) is 9.51.